The molecule has 0 aromatic heterocycles. The van der Waals surface area contributed by atoms with Crippen molar-refractivity contribution in [3.05, 3.63) is 23.8 Å². The largest absolute Gasteiger partial charge is 0.444 e. The number of benzene rings is 1. The van der Waals surface area contributed by atoms with Crippen molar-refractivity contribution in [2.24, 2.45) is 0 Å². The minimum absolute atomic E-state index is 0.0293. The van der Waals surface area contributed by atoms with Gasteiger partial charge in [0.1, 0.15) is 11.7 Å². The Morgan fingerprint density at radius 2 is 2.09 bits per heavy atom. The number of carbonyl (C=O) groups is 1. The van der Waals surface area contributed by atoms with E-state index in [4.69, 9.17) is 15.7 Å². The van der Waals surface area contributed by atoms with Gasteiger partial charge in [0, 0.05) is 37.1 Å². The van der Waals surface area contributed by atoms with E-state index in [1.54, 1.807) is 17.0 Å². The quantitative estimate of drug-likeness (QED) is 0.805. The number of nitriles is 1. The molecular weight excluding hydrogens is 292 g/mol. The van der Waals surface area contributed by atoms with Gasteiger partial charge in [0.25, 0.3) is 0 Å². The molecule has 1 aromatic rings. The van der Waals surface area contributed by atoms with Crippen LogP contribution in [0.3, 0.4) is 0 Å². The molecule has 0 unspecified atom stereocenters. The van der Waals surface area contributed by atoms with Crippen molar-refractivity contribution in [2.45, 2.75) is 39.3 Å². The van der Waals surface area contributed by atoms with Gasteiger partial charge in [0.2, 0.25) is 0 Å². The number of nitrogens with two attached hydrogens (primary N) is 1. The van der Waals surface area contributed by atoms with E-state index < -0.39 is 5.60 Å². The van der Waals surface area contributed by atoms with E-state index >= 15 is 0 Å². The van der Waals surface area contributed by atoms with E-state index in [0.29, 0.717) is 30.9 Å². The summed E-state index contributed by atoms with van der Waals surface area (Å²) in [6.45, 7) is 9.56. The van der Waals surface area contributed by atoms with Gasteiger partial charge in [0.15, 0.2) is 0 Å². The van der Waals surface area contributed by atoms with Crippen LogP contribution in [0.4, 0.5) is 16.2 Å². The van der Waals surface area contributed by atoms with Crippen LogP contribution in [0.1, 0.15) is 33.3 Å². The molecular formula is C17H24N4O2. The van der Waals surface area contributed by atoms with E-state index in [1.807, 2.05) is 33.8 Å². The molecule has 1 aliphatic rings. The zero-order valence-electron chi connectivity index (χ0n) is 14.2. The molecule has 1 aromatic carbocycles. The molecule has 6 nitrogen and oxygen atoms in total. The zero-order chi connectivity index (χ0) is 17.2. The minimum atomic E-state index is -0.493. The lowest BCUT2D eigenvalue weighted by Gasteiger charge is -2.41. The van der Waals surface area contributed by atoms with Crippen LogP contribution in [0, 0.1) is 11.3 Å². The molecule has 2 rings (SSSR count). The third kappa shape index (κ3) is 4.07. The normalized spacial score (nSPS) is 18.5. The number of rotatable bonds is 1. The molecule has 0 aliphatic carbocycles. The highest BCUT2D eigenvalue weighted by Gasteiger charge is 2.31. The summed E-state index contributed by atoms with van der Waals surface area (Å²) in [6.07, 6.45) is -0.278. The first-order valence-corrected chi connectivity index (χ1v) is 7.75. The molecule has 2 N–H and O–H groups in total. The van der Waals surface area contributed by atoms with Crippen LogP contribution in [-0.4, -0.2) is 42.3 Å². The number of ether oxygens (including phenoxy) is 1. The molecule has 0 radical (unpaired) electrons. The van der Waals surface area contributed by atoms with Crippen LogP contribution < -0.4 is 10.6 Å². The summed E-state index contributed by atoms with van der Waals surface area (Å²) in [5.41, 5.74) is 7.18. The Bertz CT molecular complexity index is 630. The van der Waals surface area contributed by atoms with Crippen molar-refractivity contribution in [2.75, 3.05) is 30.3 Å². The van der Waals surface area contributed by atoms with Crippen molar-refractivity contribution in [3.8, 4) is 6.07 Å². The zero-order valence-corrected chi connectivity index (χ0v) is 14.2. The summed E-state index contributed by atoms with van der Waals surface area (Å²) in [4.78, 5) is 16.2. The highest BCUT2D eigenvalue weighted by molar-refractivity contribution is 5.69. The molecule has 1 fully saturated rings. The number of amides is 1. The molecule has 0 bridgehead atoms. The van der Waals surface area contributed by atoms with Crippen LogP contribution in [0.2, 0.25) is 0 Å². The Hall–Kier alpha value is -2.42. The van der Waals surface area contributed by atoms with Gasteiger partial charge in [-0.05, 0) is 45.9 Å². The highest BCUT2D eigenvalue weighted by Crippen LogP contribution is 2.24. The van der Waals surface area contributed by atoms with Crippen molar-refractivity contribution < 1.29 is 9.53 Å². The van der Waals surface area contributed by atoms with E-state index in [0.717, 1.165) is 5.69 Å². The number of hydrogen-bond donors (Lipinski definition) is 1. The molecule has 23 heavy (non-hydrogen) atoms. The molecule has 1 atom stereocenters. The smallest absolute Gasteiger partial charge is 0.410 e. The number of carbonyl (C=O) groups excluding carboxylic acids is 1. The molecule has 124 valence electrons. The van der Waals surface area contributed by atoms with Crippen LogP contribution in [0.15, 0.2) is 18.2 Å². The summed E-state index contributed by atoms with van der Waals surface area (Å²) in [5.74, 6) is 0. The number of hydrogen-bond acceptors (Lipinski definition) is 5. The molecule has 1 heterocycles. The third-order valence-electron chi connectivity index (χ3n) is 3.78. The summed E-state index contributed by atoms with van der Waals surface area (Å²) < 4.78 is 5.45. The second-order valence-electron chi connectivity index (χ2n) is 6.85. The van der Waals surface area contributed by atoms with Crippen molar-refractivity contribution in [1.82, 2.24) is 4.90 Å². The summed E-state index contributed by atoms with van der Waals surface area (Å²) >= 11 is 0. The first kappa shape index (κ1) is 16.9. The molecule has 1 aliphatic heterocycles. The van der Waals surface area contributed by atoms with Gasteiger partial charge in [-0.1, -0.05) is 0 Å². The Labute approximate surface area is 137 Å². The van der Waals surface area contributed by atoms with E-state index in [9.17, 15) is 4.79 Å². The lowest BCUT2D eigenvalue weighted by molar-refractivity contribution is 0.0159. The van der Waals surface area contributed by atoms with Gasteiger partial charge >= 0.3 is 6.09 Å². The number of nitrogens with zero attached hydrogens (tertiary/aromatic N) is 3. The SMILES string of the molecule is C[C@H]1CN(c2ccc(N)c(C#N)c2)CCN1C(=O)OC(C)(C)C. The lowest BCUT2D eigenvalue weighted by atomic mass is 10.1. The van der Waals surface area contributed by atoms with Gasteiger partial charge in [-0.15, -0.1) is 0 Å². The van der Waals surface area contributed by atoms with Gasteiger partial charge in [0.05, 0.1) is 5.56 Å². The maximum absolute atomic E-state index is 12.2. The third-order valence-corrected chi connectivity index (χ3v) is 3.78. The van der Waals surface area contributed by atoms with Crippen LogP contribution in [0.25, 0.3) is 0 Å². The first-order chi connectivity index (χ1) is 10.7. The van der Waals surface area contributed by atoms with Gasteiger partial charge < -0.3 is 20.3 Å². The number of piperazine rings is 1. The second-order valence-corrected chi connectivity index (χ2v) is 6.85. The minimum Gasteiger partial charge on any atom is -0.444 e. The summed E-state index contributed by atoms with van der Waals surface area (Å²) in [5, 5.41) is 9.10. The monoisotopic (exact) mass is 316 g/mol. The van der Waals surface area contributed by atoms with Crippen molar-refractivity contribution >= 4 is 17.5 Å². The fourth-order valence-electron chi connectivity index (χ4n) is 2.62. The van der Waals surface area contributed by atoms with E-state index in [-0.39, 0.29) is 12.1 Å². The molecule has 0 saturated carbocycles. The lowest BCUT2D eigenvalue weighted by Crippen LogP contribution is -2.55. The number of nitrogen functional groups attached to an aromatic ring is 1. The Kier molecular flexibility index (Phi) is 4.69. The van der Waals surface area contributed by atoms with E-state index in [1.165, 1.54) is 0 Å². The van der Waals surface area contributed by atoms with Crippen LogP contribution >= 0.6 is 0 Å². The molecule has 0 spiro atoms. The average molecular weight is 316 g/mol. The Morgan fingerprint density at radius 3 is 2.65 bits per heavy atom. The highest BCUT2D eigenvalue weighted by atomic mass is 16.6. The van der Waals surface area contributed by atoms with Crippen molar-refractivity contribution in [1.29, 1.82) is 5.26 Å². The Morgan fingerprint density at radius 1 is 1.39 bits per heavy atom. The first-order valence-electron chi connectivity index (χ1n) is 7.75. The molecule has 1 amide bonds. The van der Waals surface area contributed by atoms with Gasteiger partial charge in [-0.25, -0.2) is 4.79 Å². The summed E-state index contributed by atoms with van der Waals surface area (Å²) in [6, 6.07) is 7.59. The van der Waals surface area contributed by atoms with Crippen LogP contribution in [-0.2, 0) is 4.74 Å². The Balaban J connectivity index is 2.07. The summed E-state index contributed by atoms with van der Waals surface area (Å²) in [7, 11) is 0. The van der Waals surface area contributed by atoms with Gasteiger partial charge in [-0.3, -0.25) is 0 Å². The topological polar surface area (TPSA) is 82.6 Å². The van der Waals surface area contributed by atoms with E-state index in [2.05, 4.69) is 11.0 Å². The predicted octanol–water partition coefficient (Wildman–Crippen LogP) is 2.59. The predicted molar refractivity (Wildman–Crippen MR) is 90.2 cm³/mol. The average Bonchev–Trinajstić information content (AvgIpc) is 2.45. The number of anilines is 2. The molecule has 6 heteroatoms. The van der Waals surface area contributed by atoms with Gasteiger partial charge in [-0.2, -0.15) is 5.26 Å². The maximum atomic E-state index is 12.2. The fraction of sp³-hybridized carbons (Fsp3) is 0.529. The standard InChI is InChI=1S/C17H24N4O2/c1-12-11-20(14-5-6-15(19)13(9-14)10-18)7-8-21(12)16(22)23-17(2,3)4/h5-6,9,12H,7-8,11,19H2,1-4H3/t12-/m0/s1. The second kappa shape index (κ2) is 6.37. The molecule has 1 saturated heterocycles. The van der Waals surface area contributed by atoms with Crippen molar-refractivity contribution in [3.63, 3.8) is 0 Å². The fourth-order valence-corrected chi connectivity index (χ4v) is 2.62. The van der Waals surface area contributed by atoms with Crippen LogP contribution in [0.5, 0.6) is 0 Å². The maximum Gasteiger partial charge on any atom is 0.410 e.